The Morgan fingerprint density at radius 2 is 1.92 bits per heavy atom. The molecule has 12 heavy (non-hydrogen) atoms. The molecule has 2 nitrogen and oxygen atoms in total. The van der Waals surface area contributed by atoms with Gasteiger partial charge in [-0.05, 0) is 32.9 Å². The first kappa shape index (κ1) is 9.72. The molecule has 1 heterocycles. The van der Waals surface area contributed by atoms with E-state index in [4.69, 9.17) is 0 Å². The fourth-order valence-electron chi connectivity index (χ4n) is 1.80. The maximum Gasteiger partial charge on any atom is 0.149 e. The minimum absolute atomic E-state index is 0.162. The van der Waals surface area contributed by atoms with E-state index in [0.29, 0.717) is 12.2 Å². The van der Waals surface area contributed by atoms with Crippen LogP contribution < -0.4 is 0 Å². The van der Waals surface area contributed by atoms with Crippen LogP contribution in [0.1, 0.15) is 39.5 Å². The Morgan fingerprint density at radius 1 is 1.33 bits per heavy atom. The van der Waals surface area contributed by atoms with Gasteiger partial charge in [0.2, 0.25) is 0 Å². The number of hydrogen-bond donors (Lipinski definition) is 0. The summed E-state index contributed by atoms with van der Waals surface area (Å²) in [6.07, 6.45) is 4.55. The molecule has 0 aromatic heterocycles. The van der Waals surface area contributed by atoms with Gasteiger partial charge in [-0.1, -0.05) is 13.3 Å². The molecule has 0 aliphatic carbocycles. The summed E-state index contributed by atoms with van der Waals surface area (Å²) in [5, 5.41) is 0. The molecule has 1 fully saturated rings. The van der Waals surface area contributed by atoms with Gasteiger partial charge in [-0.2, -0.15) is 0 Å². The second-order valence-corrected chi connectivity index (χ2v) is 3.59. The summed E-state index contributed by atoms with van der Waals surface area (Å²) in [6, 6.07) is 0.162. The summed E-state index contributed by atoms with van der Waals surface area (Å²) in [5.74, 6) is 0.386. The van der Waals surface area contributed by atoms with E-state index in [1.165, 1.54) is 19.3 Å². The van der Waals surface area contributed by atoms with Crippen molar-refractivity contribution in [2.75, 3.05) is 13.1 Å². The first-order valence-electron chi connectivity index (χ1n) is 5.02. The first-order chi connectivity index (χ1) is 5.75. The molecule has 1 aliphatic heterocycles. The normalized spacial score (nSPS) is 22.2. The fourth-order valence-corrected chi connectivity index (χ4v) is 1.80. The highest BCUT2D eigenvalue weighted by Gasteiger charge is 2.20. The van der Waals surface area contributed by atoms with E-state index in [9.17, 15) is 4.79 Å². The minimum atomic E-state index is 0.162. The van der Waals surface area contributed by atoms with E-state index in [0.717, 1.165) is 13.1 Å². The third-order valence-electron chi connectivity index (χ3n) is 2.75. The van der Waals surface area contributed by atoms with Crippen LogP contribution in [-0.4, -0.2) is 29.8 Å². The number of nitrogens with zero attached hydrogens (tertiary/aromatic N) is 1. The van der Waals surface area contributed by atoms with Crippen LogP contribution in [0.2, 0.25) is 0 Å². The molecule has 0 amide bonds. The Bertz CT molecular complexity index is 150. The second kappa shape index (κ2) is 4.61. The van der Waals surface area contributed by atoms with Gasteiger partial charge in [0.15, 0.2) is 0 Å². The van der Waals surface area contributed by atoms with E-state index in [1.54, 1.807) is 0 Å². The molecule has 0 spiro atoms. The van der Waals surface area contributed by atoms with Crippen LogP contribution in [0.3, 0.4) is 0 Å². The van der Waals surface area contributed by atoms with Crippen molar-refractivity contribution in [2.45, 2.75) is 45.6 Å². The molecule has 1 rings (SSSR count). The quantitative estimate of drug-likeness (QED) is 0.642. The summed E-state index contributed by atoms with van der Waals surface area (Å²) >= 11 is 0. The Kier molecular flexibility index (Phi) is 3.73. The molecular formula is C10H19NO. The van der Waals surface area contributed by atoms with Gasteiger partial charge in [-0.15, -0.1) is 0 Å². The summed E-state index contributed by atoms with van der Waals surface area (Å²) in [5.41, 5.74) is 0. The highest BCUT2D eigenvalue weighted by atomic mass is 16.1. The lowest BCUT2D eigenvalue weighted by Gasteiger charge is -2.31. The van der Waals surface area contributed by atoms with Crippen molar-refractivity contribution in [3.8, 4) is 0 Å². The highest BCUT2D eigenvalue weighted by molar-refractivity contribution is 5.83. The maximum absolute atomic E-state index is 11.4. The molecular weight excluding hydrogens is 150 g/mol. The number of carbonyl (C=O) groups is 1. The van der Waals surface area contributed by atoms with Gasteiger partial charge < -0.3 is 0 Å². The van der Waals surface area contributed by atoms with Gasteiger partial charge in [-0.3, -0.25) is 9.69 Å². The highest BCUT2D eigenvalue weighted by Crippen LogP contribution is 2.12. The molecule has 0 bridgehead atoms. The number of piperidine rings is 1. The molecule has 1 atom stereocenters. The van der Waals surface area contributed by atoms with Crippen LogP contribution in [0.5, 0.6) is 0 Å². The smallest absolute Gasteiger partial charge is 0.149 e. The van der Waals surface area contributed by atoms with Crippen LogP contribution in [0, 0.1) is 0 Å². The molecule has 0 N–H and O–H groups in total. The minimum Gasteiger partial charge on any atom is -0.298 e. The number of ketones is 1. The van der Waals surface area contributed by atoms with Crippen molar-refractivity contribution in [3.05, 3.63) is 0 Å². The Labute approximate surface area is 74.9 Å². The fraction of sp³-hybridized carbons (Fsp3) is 0.900. The van der Waals surface area contributed by atoms with Crippen molar-refractivity contribution in [1.82, 2.24) is 4.90 Å². The van der Waals surface area contributed by atoms with Gasteiger partial charge in [0.05, 0.1) is 6.04 Å². The van der Waals surface area contributed by atoms with E-state index in [2.05, 4.69) is 4.90 Å². The standard InChI is InChI=1S/C10H19NO/c1-3-10(12)9(2)11-7-5-4-6-8-11/h9H,3-8H2,1-2H3. The van der Waals surface area contributed by atoms with E-state index in [-0.39, 0.29) is 6.04 Å². The lowest BCUT2D eigenvalue weighted by atomic mass is 10.1. The van der Waals surface area contributed by atoms with Crippen LogP contribution in [0.15, 0.2) is 0 Å². The SMILES string of the molecule is CCC(=O)C(C)N1CCCCC1. The zero-order chi connectivity index (χ0) is 8.97. The van der Waals surface area contributed by atoms with Crippen molar-refractivity contribution < 1.29 is 4.79 Å². The van der Waals surface area contributed by atoms with Crippen molar-refractivity contribution in [2.24, 2.45) is 0 Å². The van der Waals surface area contributed by atoms with Gasteiger partial charge in [-0.25, -0.2) is 0 Å². The maximum atomic E-state index is 11.4. The number of likely N-dealkylation sites (tertiary alicyclic amines) is 1. The van der Waals surface area contributed by atoms with Crippen molar-refractivity contribution in [1.29, 1.82) is 0 Å². The number of hydrogen-bond acceptors (Lipinski definition) is 2. The van der Waals surface area contributed by atoms with Gasteiger partial charge in [0, 0.05) is 6.42 Å². The van der Waals surface area contributed by atoms with Crippen LogP contribution in [-0.2, 0) is 4.79 Å². The molecule has 0 saturated carbocycles. The van der Waals surface area contributed by atoms with Gasteiger partial charge in [0.1, 0.15) is 5.78 Å². The van der Waals surface area contributed by atoms with Crippen LogP contribution >= 0.6 is 0 Å². The Balaban J connectivity index is 2.39. The molecule has 1 unspecified atom stereocenters. The van der Waals surface area contributed by atoms with Gasteiger partial charge >= 0.3 is 0 Å². The third kappa shape index (κ3) is 2.31. The van der Waals surface area contributed by atoms with Crippen LogP contribution in [0.25, 0.3) is 0 Å². The average Bonchev–Trinajstić information content (AvgIpc) is 2.17. The summed E-state index contributed by atoms with van der Waals surface area (Å²) < 4.78 is 0. The summed E-state index contributed by atoms with van der Waals surface area (Å²) in [7, 11) is 0. The largest absolute Gasteiger partial charge is 0.298 e. The summed E-state index contributed by atoms with van der Waals surface area (Å²) in [6.45, 7) is 6.22. The topological polar surface area (TPSA) is 20.3 Å². The van der Waals surface area contributed by atoms with Crippen LogP contribution in [0.4, 0.5) is 0 Å². The first-order valence-corrected chi connectivity index (χ1v) is 5.02. The molecule has 0 aromatic carbocycles. The predicted molar refractivity (Wildman–Crippen MR) is 50.2 cm³/mol. The molecule has 70 valence electrons. The van der Waals surface area contributed by atoms with Gasteiger partial charge in [0.25, 0.3) is 0 Å². The summed E-state index contributed by atoms with van der Waals surface area (Å²) in [4.78, 5) is 13.7. The Hall–Kier alpha value is -0.370. The lowest BCUT2D eigenvalue weighted by molar-refractivity contribution is -0.123. The average molecular weight is 169 g/mol. The lowest BCUT2D eigenvalue weighted by Crippen LogP contribution is -2.41. The molecule has 2 heteroatoms. The zero-order valence-corrected chi connectivity index (χ0v) is 8.18. The number of rotatable bonds is 3. The van der Waals surface area contributed by atoms with Crippen molar-refractivity contribution >= 4 is 5.78 Å². The monoisotopic (exact) mass is 169 g/mol. The molecule has 0 aromatic rings. The molecule has 1 saturated heterocycles. The third-order valence-corrected chi connectivity index (χ3v) is 2.75. The zero-order valence-electron chi connectivity index (χ0n) is 8.18. The number of Topliss-reactive ketones (excluding diaryl/α,β-unsaturated/α-hetero) is 1. The molecule has 0 radical (unpaired) electrons. The number of carbonyl (C=O) groups excluding carboxylic acids is 1. The van der Waals surface area contributed by atoms with E-state index < -0.39 is 0 Å². The molecule has 1 aliphatic rings. The Morgan fingerprint density at radius 3 is 2.42 bits per heavy atom. The van der Waals surface area contributed by atoms with Crippen molar-refractivity contribution in [3.63, 3.8) is 0 Å². The predicted octanol–water partition coefficient (Wildman–Crippen LogP) is 1.84. The van der Waals surface area contributed by atoms with E-state index >= 15 is 0 Å². The van der Waals surface area contributed by atoms with E-state index in [1.807, 2.05) is 13.8 Å². The second-order valence-electron chi connectivity index (χ2n) is 3.59.